The van der Waals surface area contributed by atoms with E-state index in [2.05, 4.69) is 182 Å². The van der Waals surface area contributed by atoms with E-state index in [1.807, 2.05) is 0 Å². The molecule has 0 amide bonds. The highest BCUT2D eigenvalue weighted by Gasteiger charge is 2.22. The molecule has 1 aliphatic heterocycles. The number of ether oxygens (including phenoxy) is 1. The fraction of sp³-hybridized carbons (Fsp3) is 0.130. The van der Waals surface area contributed by atoms with Crippen molar-refractivity contribution in [2.75, 3.05) is 6.61 Å². The Bertz CT molecular complexity index is 3250. The first-order valence-electron chi connectivity index (χ1n) is 20.7. The second kappa shape index (κ2) is 15.9. The maximum atomic E-state index is 13.9. The van der Waals surface area contributed by atoms with Crippen LogP contribution in [0.5, 0.6) is 0 Å². The van der Waals surface area contributed by atoms with Crippen LogP contribution in [0.25, 0.3) is 95.2 Å². The molecule has 7 nitrogen and oxygen atoms in total. The summed E-state index contributed by atoms with van der Waals surface area (Å²) in [6, 6.07) is 44.2. The van der Waals surface area contributed by atoms with Gasteiger partial charge in [-0.3, -0.25) is 4.79 Å². The summed E-state index contributed by atoms with van der Waals surface area (Å²) < 4.78 is 5.58. The molecule has 4 aromatic carbocycles. The van der Waals surface area contributed by atoms with Gasteiger partial charge in [-0.1, -0.05) is 119 Å². The van der Waals surface area contributed by atoms with Gasteiger partial charge in [-0.15, -0.1) is 0 Å². The van der Waals surface area contributed by atoms with Gasteiger partial charge in [-0.05, 0) is 106 Å². The molecule has 4 aromatic heterocycles. The molecule has 0 saturated heterocycles. The number of aromatic nitrogens is 4. The van der Waals surface area contributed by atoms with Gasteiger partial charge < -0.3 is 19.7 Å². The summed E-state index contributed by atoms with van der Waals surface area (Å²) in [5.74, 6) is -1.09. The van der Waals surface area contributed by atoms with Crippen LogP contribution in [0.3, 0.4) is 0 Å². The van der Waals surface area contributed by atoms with Gasteiger partial charge in [-0.2, -0.15) is 0 Å². The van der Waals surface area contributed by atoms with E-state index in [0.29, 0.717) is 16.3 Å². The van der Waals surface area contributed by atoms with Gasteiger partial charge in [0.1, 0.15) is 5.57 Å². The van der Waals surface area contributed by atoms with Gasteiger partial charge in [0.25, 0.3) is 0 Å². The summed E-state index contributed by atoms with van der Waals surface area (Å²) in [4.78, 5) is 44.3. The average molecular weight is 799 g/mol. The van der Waals surface area contributed by atoms with E-state index >= 15 is 0 Å². The Morgan fingerprint density at radius 3 is 1.28 bits per heavy atom. The summed E-state index contributed by atoms with van der Waals surface area (Å²) in [6.45, 7) is 11.6. The lowest BCUT2D eigenvalue weighted by molar-refractivity contribution is -0.137. The SMILES string of the molecule is CCOC(=O)/C(C(C)=O)=c1/[nH]c2cc1c(-c1ccc(C)cc1)c1ccc([nH]1)c(-c1ccc(C)cc1)c1nc(c(-c3ccc(C)cc3)c3ccc([nH]3)c2-c2ccc(C)cc2)C=C1. The van der Waals surface area contributed by atoms with Gasteiger partial charge in [0.05, 0.1) is 23.3 Å². The van der Waals surface area contributed by atoms with E-state index in [1.54, 1.807) is 6.92 Å². The van der Waals surface area contributed by atoms with Gasteiger partial charge in [0, 0.05) is 55.2 Å². The molecule has 7 heteroatoms. The van der Waals surface area contributed by atoms with Crippen LogP contribution >= 0.6 is 0 Å². The molecule has 300 valence electrons. The van der Waals surface area contributed by atoms with Crippen LogP contribution in [-0.4, -0.2) is 38.3 Å². The second-order valence-electron chi connectivity index (χ2n) is 15.9. The van der Waals surface area contributed by atoms with Gasteiger partial charge >= 0.3 is 5.97 Å². The zero-order valence-corrected chi connectivity index (χ0v) is 35.2. The standard InChI is InChI=1S/C54H46N4O3/c1-7-61-54(60)48(35(6)59)53-40-30-47(58-53)52(39-22-14-34(5)15-23-39)46-29-28-45(57-46)51(38-20-12-33(4)13-21-38)44-27-26-43(56-44)50(37-18-10-32(3)11-19-37)42-25-24-41(55-42)49(40)36-16-8-31(2)9-17-36/h8-30,55,57-58H,7H2,1-6H3/b49-40?,49-41?,50-42?,50-43?,51-44?,51-45?,52-46?,52-47?,53-48+. The third-order valence-electron chi connectivity index (χ3n) is 11.4. The Morgan fingerprint density at radius 2 is 0.869 bits per heavy atom. The molecule has 61 heavy (non-hydrogen) atoms. The van der Waals surface area contributed by atoms with Crippen LogP contribution in [0.1, 0.15) is 47.5 Å². The van der Waals surface area contributed by atoms with E-state index in [1.165, 1.54) is 6.92 Å². The number of esters is 1. The number of aryl methyl sites for hydroxylation is 4. The fourth-order valence-corrected chi connectivity index (χ4v) is 8.30. The third kappa shape index (κ3) is 7.40. The predicted octanol–water partition coefficient (Wildman–Crippen LogP) is 12.2. The van der Waals surface area contributed by atoms with Crippen molar-refractivity contribution < 1.29 is 14.3 Å². The summed E-state index contributed by atoms with van der Waals surface area (Å²) in [5, 5.41) is 1.05. The number of Topliss-reactive ketones (excluding diaryl/α,β-unsaturated/α-hetero) is 1. The molecule has 1 aliphatic rings. The minimum Gasteiger partial charge on any atom is -0.462 e. The van der Waals surface area contributed by atoms with E-state index in [-0.39, 0.29) is 12.2 Å². The van der Waals surface area contributed by atoms with Crippen molar-refractivity contribution in [1.82, 2.24) is 19.9 Å². The number of benzene rings is 4. The van der Waals surface area contributed by atoms with E-state index in [0.717, 1.165) is 100 Å². The predicted molar refractivity (Wildman–Crippen MR) is 251 cm³/mol. The molecule has 0 fully saturated rings. The van der Waals surface area contributed by atoms with Crippen LogP contribution in [0, 0.1) is 27.7 Å². The third-order valence-corrected chi connectivity index (χ3v) is 11.4. The maximum Gasteiger partial charge on any atom is 0.343 e. The summed E-state index contributed by atoms with van der Waals surface area (Å²) in [7, 11) is 0. The molecule has 8 aromatic rings. The van der Waals surface area contributed by atoms with E-state index < -0.39 is 11.8 Å². The maximum absolute atomic E-state index is 13.9. The molecule has 0 aliphatic carbocycles. The van der Waals surface area contributed by atoms with Gasteiger partial charge in [-0.25, -0.2) is 9.78 Å². The molecule has 3 N–H and O–H groups in total. The Hall–Kier alpha value is -7.51. The quantitative estimate of drug-likeness (QED) is 0.110. The van der Waals surface area contributed by atoms with Gasteiger partial charge in [0.15, 0.2) is 5.78 Å². The Labute approximate surface area is 354 Å². The number of fused-ring (bicyclic) bond motifs is 8. The average Bonchev–Trinajstić information content (AvgIpc) is 4.08. The van der Waals surface area contributed by atoms with E-state index in [4.69, 9.17) is 9.72 Å². The van der Waals surface area contributed by atoms with Crippen LogP contribution in [-0.2, 0) is 14.3 Å². The molecule has 0 spiro atoms. The van der Waals surface area contributed by atoms with E-state index in [9.17, 15) is 9.59 Å². The number of hydrogen-bond acceptors (Lipinski definition) is 4. The summed E-state index contributed by atoms with van der Waals surface area (Å²) in [5.41, 5.74) is 17.7. The Balaban J connectivity index is 1.57. The smallest absolute Gasteiger partial charge is 0.343 e. The van der Waals surface area contributed by atoms with Gasteiger partial charge in [0.2, 0.25) is 0 Å². The Kier molecular flexibility index (Phi) is 10.2. The first kappa shape index (κ1) is 39.0. The highest BCUT2D eigenvalue weighted by Crippen LogP contribution is 2.38. The molecule has 0 saturated carbocycles. The number of H-pyrrole nitrogens is 3. The molecule has 0 radical (unpaired) electrons. The molecule has 5 heterocycles. The minimum absolute atomic E-state index is 0.0528. The number of hydrogen-bond donors (Lipinski definition) is 3. The first-order valence-corrected chi connectivity index (χ1v) is 20.7. The fourth-order valence-electron chi connectivity index (χ4n) is 8.30. The molecular weight excluding hydrogens is 753 g/mol. The van der Waals surface area contributed by atoms with Crippen molar-refractivity contribution in [3.05, 3.63) is 166 Å². The number of carbonyl (C=O) groups excluding carboxylic acids is 2. The van der Waals surface area contributed by atoms with Crippen LogP contribution in [0.2, 0.25) is 0 Å². The normalized spacial score (nSPS) is 12.2. The lowest BCUT2D eigenvalue weighted by Crippen LogP contribution is -2.22. The van der Waals surface area contributed by atoms with Crippen molar-refractivity contribution in [1.29, 1.82) is 0 Å². The number of nitrogens with zero attached hydrogens (tertiary/aromatic N) is 1. The van der Waals surface area contributed by atoms with Crippen molar-refractivity contribution >= 4 is 62.4 Å². The van der Waals surface area contributed by atoms with Crippen LogP contribution in [0.15, 0.2) is 127 Å². The Morgan fingerprint density at radius 1 is 0.492 bits per heavy atom. The van der Waals surface area contributed by atoms with Crippen molar-refractivity contribution in [2.24, 2.45) is 0 Å². The number of aromatic amines is 3. The minimum atomic E-state index is -0.685. The molecule has 8 bridgehead atoms. The largest absolute Gasteiger partial charge is 0.462 e. The number of ketones is 1. The van der Waals surface area contributed by atoms with Crippen molar-refractivity contribution in [3.8, 4) is 44.5 Å². The second-order valence-corrected chi connectivity index (χ2v) is 15.9. The zero-order chi connectivity index (χ0) is 42.4. The van der Waals surface area contributed by atoms with Crippen LogP contribution < -0.4 is 5.35 Å². The highest BCUT2D eigenvalue weighted by atomic mass is 16.5. The monoisotopic (exact) mass is 798 g/mol. The number of carbonyl (C=O) groups is 2. The zero-order valence-electron chi connectivity index (χ0n) is 35.2. The molecule has 9 rings (SSSR count). The lowest BCUT2D eigenvalue weighted by Gasteiger charge is -2.07. The molecule has 0 unspecified atom stereocenters. The summed E-state index contributed by atoms with van der Waals surface area (Å²) >= 11 is 0. The number of rotatable bonds is 7. The topological polar surface area (TPSA) is 104 Å². The molecule has 0 atom stereocenters. The number of nitrogens with one attached hydrogen (secondary N) is 3. The lowest BCUT2D eigenvalue weighted by atomic mass is 9.99. The highest BCUT2D eigenvalue weighted by molar-refractivity contribution is 6.38. The molecular formula is C54H46N4O3. The van der Waals surface area contributed by atoms with Crippen molar-refractivity contribution in [2.45, 2.75) is 41.5 Å². The summed E-state index contributed by atoms with van der Waals surface area (Å²) in [6.07, 6.45) is 4.20. The first-order chi connectivity index (χ1) is 29.6. The van der Waals surface area contributed by atoms with Crippen LogP contribution in [0.4, 0.5) is 0 Å². The van der Waals surface area contributed by atoms with Crippen molar-refractivity contribution in [3.63, 3.8) is 0 Å².